The summed E-state index contributed by atoms with van der Waals surface area (Å²) in [4.78, 5) is 12.0. The van der Waals surface area contributed by atoms with Crippen LogP contribution in [0.2, 0.25) is 0 Å². The van der Waals surface area contributed by atoms with E-state index in [1.807, 2.05) is 24.5 Å². The molecule has 0 aromatic heterocycles. The fraction of sp³-hybridized carbons (Fsp3) is 0.214. The Morgan fingerprint density at radius 2 is 1.79 bits per heavy atom. The molecule has 0 amide bonds. The molecule has 2 aromatic rings. The second-order valence-electron chi connectivity index (χ2n) is 4.12. The third-order valence-corrected chi connectivity index (χ3v) is 3.67. The van der Waals surface area contributed by atoms with E-state index in [9.17, 15) is 13.6 Å². The van der Waals surface area contributed by atoms with E-state index in [4.69, 9.17) is 5.11 Å². The maximum atomic E-state index is 12.8. The maximum Gasteiger partial charge on any atom is 0.316 e. The molecule has 0 fully saturated rings. The Bertz CT molecular complexity index is 613. The summed E-state index contributed by atoms with van der Waals surface area (Å²) in [6.45, 7) is 0. The van der Waals surface area contributed by atoms with Crippen LogP contribution in [0.25, 0.3) is 10.8 Å². The van der Waals surface area contributed by atoms with E-state index in [2.05, 4.69) is 0 Å². The minimum atomic E-state index is -2.92. The van der Waals surface area contributed by atoms with Gasteiger partial charge in [-0.2, -0.15) is 0 Å². The van der Waals surface area contributed by atoms with Crippen molar-refractivity contribution in [2.75, 3.05) is 6.26 Å². The monoisotopic (exact) mass is 282 g/mol. The minimum absolute atomic E-state index is 0.131. The van der Waals surface area contributed by atoms with Gasteiger partial charge < -0.3 is 5.11 Å². The predicted octanol–water partition coefficient (Wildman–Crippen LogP) is 4.00. The van der Waals surface area contributed by atoms with Gasteiger partial charge in [-0.25, -0.2) is 8.78 Å². The molecule has 0 radical (unpaired) electrons. The molecule has 1 atom stereocenters. The van der Waals surface area contributed by atoms with Gasteiger partial charge in [0.2, 0.25) is 0 Å². The molecular weight excluding hydrogens is 270 g/mol. The fourth-order valence-electron chi connectivity index (χ4n) is 1.96. The summed E-state index contributed by atoms with van der Waals surface area (Å²) in [5, 5.41) is 10.5. The van der Waals surface area contributed by atoms with Crippen LogP contribution in [0.5, 0.6) is 0 Å². The van der Waals surface area contributed by atoms with Crippen molar-refractivity contribution in [1.29, 1.82) is 0 Å². The summed E-state index contributed by atoms with van der Waals surface area (Å²) in [7, 11) is 0. The fourth-order valence-corrected chi connectivity index (χ4v) is 2.41. The maximum absolute atomic E-state index is 12.8. The van der Waals surface area contributed by atoms with E-state index in [0.29, 0.717) is 0 Å². The van der Waals surface area contributed by atoms with Crippen molar-refractivity contribution in [3.8, 4) is 0 Å². The summed E-state index contributed by atoms with van der Waals surface area (Å²) in [5.41, 5.74) is 0.131. The van der Waals surface area contributed by atoms with Crippen LogP contribution in [0.15, 0.2) is 41.3 Å². The van der Waals surface area contributed by atoms with Gasteiger partial charge in [0.1, 0.15) is 5.92 Å². The lowest BCUT2D eigenvalue weighted by Gasteiger charge is -2.12. The zero-order valence-electron chi connectivity index (χ0n) is 10.1. The molecule has 1 N–H and O–H groups in total. The SMILES string of the molecule is CSc1ccc2cc(C(C(=O)O)C(F)F)ccc2c1. The molecule has 0 spiro atoms. The highest BCUT2D eigenvalue weighted by Gasteiger charge is 2.29. The largest absolute Gasteiger partial charge is 0.481 e. The lowest BCUT2D eigenvalue weighted by molar-refractivity contribution is -0.142. The first-order valence-corrected chi connectivity index (χ1v) is 6.84. The van der Waals surface area contributed by atoms with Crippen LogP contribution < -0.4 is 0 Å². The summed E-state index contributed by atoms with van der Waals surface area (Å²) < 4.78 is 25.5. The zero-order chi connectivity index (χ0) is 14.0. The Balaban J connectivity index is 2.49. The summed E-state index contributed by atoms with van der Waals surface area (Å²) in [6, 6.07) is 10.3. The van der Waals surface area contributed by atoms with E-state index in [0.717, 1.165) is 15.7 Å². The van der Waals surface area contributed by atoms with Crippen molar-refractivity contribution in [1.82, 2.24) is 0 Å². The number of aliphatic carboxylic acids is 1. The molecule has 1 unspecified atom stereocenters. The molecule has 0 bridgehead atoms. The molecule has 2 nitrogen and oxygen atoms in total. The zero-order valence-corrected chi connectivity index (χ0v) is 11.0. The molecule has 0 aliphatic carbocycles. The highest BCUT2D eigenvalue weighted by atomic mass is 32.2. The van der Waals surface area contributed by atoms with Crippen LogP contribution in [0.4, 0.5) is 8.78 Å². The first-order valence-electron chi connectivity index (χ1n) is 5.61. The van der Waals surface area contributed by atoms with Crippen LogP contribution in [0, 0.1) is 0 Å². The predicted molar refractivity (Wildman–Crippen MR) is 72.1 cm³/mol. The molecule has 5 heteroatoms. The molecular formula is C14H12F2O2S. The first-order chi connectivity index (χ1) is 9.02. The number of rotatable bonds is 4. The Hall–Kier alpha value is -1.62. The quantitative estimate of drug-likeness (QED) is 0.861. The van der Waals surface area contributed by atoms with Gasteiger partial charge in [0.25, 0.3) is 6.43 Å². The lowest BCUT2D eigenvalue weighted by atomic mass is 9.97. The van der Waals surface area contributed by atoms with Gasteiger partial charge in [0.15, 0.2) is 0 Å². The van der Waals surface area contributed by atoms with Gasteiger partial charge in [-0.15, -0.1) is 11.8 Å². The number of alkyl halides is 2. The number of fused-ring (bicyclic) bond motifs is 1. The van der Waals surface area contributed by atoms with E-state index >= 15 is 0 Å². The lowest BCUT2D eigenvalue weighted by Crippen LogP contribution is -2.19. The molecule has 100 valence electrons. The number of halogens is 2. The number of benzene rings is 2. The molecule has 0 heterocycles. The van der Waals surface area contributed by atoms with Crippen molar-refractivity contribution < 1.29 is 18.7 Å². The van der Waals surface area contributed by atoms with Crippen molar-refractivity contribution in [2.24, 2.45) is 0 Å². The van der Waals surface area contributed by atoms with Crippen molar-refractivity contribution in [3.05, 3.63) is 42.0 Å². The third-order valence-electron chi connectivity index (χ3n) is 2.95. The number of carboxylic acid groups (broad SMARTS) is 1. The third kappa shape index (κ3) is 2.87. The van der Waals surface area contributed by atoms with Crippen LogP contribution in [-0.2, 0) is 4.79 Å². The van der Waals surface area contributed by atoms with E-state index in [1.165, 1.54) is 12.1 Å². The topological polar surface area (TPSA) is 37.3 Å². The molecule has 0 aliphatic rings. The summed E-state index contributed by atoms with van der Waals surface area (Å²) in [6.07, 6.45) is -0.965. The van der Waals surface area contributed by atoms with Crippen molar-refractivity contribution >= 4 is 28.5 Å². The van der Waals surface area contributed by atoms with Crippen LogP contribution >= 0.6 is 11.8 Å². The molecule has 0 aliphatic heterocycles. The van der Waals surface area contributed by atoms with Gasteiger partial charge in [0, 0.05) is 4.90 Å². The Kier molecular flexibility index (Phi) is 4.04. The average Bonchev–Trinajstić information content (AvgIpc) is 2.37. The Morgan fingerprint density at radius 1 is 1.16 bits per heavy atom. The second kappa shape index (κ2) is 5.57. The minimum Gasteiger partial charge on any atom is -0.481 e. The Morgan fingerprint density at radius 3 is 2.37 bits per heavy atom. The number of carbonyl (C=O) groups is 1. The van der Waals surface area contributed by atoms with Crippen molar-refractivity contribution in [3.63, 3.8) is 0 Å². The highest BCUT2D eigenvalue weighted by molar-refractivity contribution is 7.98. The second-order valence-corrected chi connectivity index (χ2v) is 5.00. The number of hydrogen-bond donors (Lipinski definition) is 1. The number of carboxylic acids is 1. The number of hydrogen-bond acceptors (Lipinski definition) is 2. The van der Waals surface area contributed by atoms with Gasteiger partial charge in [-0.3, -0.25) is 4.79 Å². The molecule has 0 saturated carbocycles. The standard InChI is InChI=1S/C14H12F2O2S/c1-19-11-5-4-8-6-10(3-2-9(8)7-11)12(13(15)16)14(17)18/h2-7,12-13H,1H3,(H,17,18). The van der Waals surface area contributed by atoms with Gasteiger partial charge in [-0.05, 0) is 34.7 Å². The van der Waals surface area contributed by atoms with Crippen molar-refractivity contribution in [2.45, 2.75) is 17.2 Å². The van der Waals surface area contributed by atoms with E-state index < -0.39 is 18.3 Å². The van der Waals surface area contributed by atoms with Gasteiger partial charge in [0.05, 0.1) is 0 Å². The average molecular weight is 282 g/mol. The molecule has 19 heavy (non-hydrogen) atoms. The number of thioether (sulfide) groups is 1. The normalized spacial score (nSPS) is 12.8. The summed E-state index contributed by atoms with van der Waals surface area (Å²) >= 11 is 1.59. The van der Waals surface area contributed by atoms with Crippen LogP contribution in [-0.4, -0.2) is 23.8 Å². The van der Waals surface area contributed by atoms with Crippen LogP contribution in [0.1, 0.15) is 11.5 Å². The summed E-state index contributed by atoms with van der Waals surface area (Å²) in [5.74, 6) is -3.28. The van der Waals surface area contributed by atoms with Crippen LogP contribution in [0.3, 0.4) is 0 Å². The molecule has 2 rings (SSSR count). The first kappa shape index (κ1) is 13.8. The smallest absolute Gasteiger partial charge is 0.316 e. The van der Waals surface area contributed by atoms with Gasteiger partial charge in [-0.1, -0.05) is 24.3 Å². The Labute approximate surface area is 113 Å². The molecule has 0 saturated heterocycles. The van der Waals surface area contributed by atoms with E-state index in [1.54, 1.807) is 17.8 Å². The highest BCUT2D eigenvalue weighted by Crippen LogP contribution is 2.28. The molecule has 2 aromatic carbocycles. The van der Waals surface area contributed by atoms with E-state index in [-0.39, 0.29) is 5.56 Å². The van der Waals surface area contributed by atoms with Gasteiger partial charge >= 0.3 is 5.97 Å².